The van der Waals surface area contributed by atoms with E-state index < -0.39 is 0 Å². The summed E-state index contributed by atoms with van der Waals surface area (Å²) < 4.78 is 0. The summed E-state index contributed by atoms with van der Waals surface area (Å²) >= 11 is 0. The molecule has 0 fully saturated rings. The molecule has 78 valence electrons. The zero-order chi connectivity index (χ0) is 11.1. The molecule has 0 spiro atoms. The molecule has 0 atom stereocenters. The monoisotopic (exact) mass is 195 g/mol. The molecule has 1 aromatic carbocycles. The number of nitrogens with zero attached hydrogens (tertiary/aromatic N) is 1. The Morgan fingerprint density at radius 1 is 1.14 bits per heavy atom. The molecule has 0 saturated heterocycles. The van der Waals surface area contributed by atoms with Crippen LogP contribution >= 0.6 is 0 Å². The summed E-state index contributed by atoms with van der Waals surface area (Å²) in [6.45, 7) is 8.11. The molecule has 14 heavy (non-hydrogen) atoms. The van der Waals surface area contributed by atoms with E-state index in [0.29, 0.717) is 5.92 Å². The summed E-state index contributed by atoms with van der Waals surface area (Å²) in [5.41, 5.74) is 1.28. The fraction of sp³-hybridized carbons (Fsp3) is 0.455. The molecule has 0 aliphatic heterocycles. The maximum Gasteiger partial charge on any atom is 0.269 e. The smallest absolute Gasteiger partial charge is 0.258 e. The number of nitro groups is 1. The lowest BCUT2D eigenvalue weighted by molar-refractivity contribution is -0.384. The Labute approximate surface area is 84.9 Å². The van der Waals surface area contributed by atoms with Gasteiger partial charge in [0.15, 0.2) is 0 Å². The number of nitro benzene ring substituents is 1. The van der Waals surface area contributed by atoms with E-state index in [1.165, 1.54) is 12.1 Å². The summed E-state index contributed by atoms with van der Waals surface area (Å²) in [6, 6.07) is 6.66. The first-order valence-electron chi connectivity index (χ1n) is 4.85. The van der Waals surface area contributed by atoms with E-state index in [0.717, 1.165) is 5.56 Å². The zero-order valence-electron chi connectivity index (χ0n) is 9.15. The molecule has 0 N–H and O–H groups in total. The molecule has 0 aromatic heterocycles. The van der Waals surface area contributed by atoms with Crippen LogP contribution in [-0.2, 0) is 0 Å². The van der Waals surface area contributed by atoms with Crippen molar-refractivity contribution in [2.45, 2.75) is 33.6 Å². The molecule has 1 rings (SSSR count). The molecule has 0 radical (unpaired) electrons. The molecule has 0 bridgehead atoms. The standard InChI is InChI=1S/C9H11NO2.C2H6/c1-7(2)8-3-5-9(6-4-8)10(11)12;1-2/h3-7H,1-2H3;1-2H3. The molecular weight excluding hydrogens is 178 g/mol. The molecule has 1 aromatic rings. The van der Waals surface area contributed by atoms with Crippen LogP contribution in [0.1, 0.15) is 39.2 Å². The third kappa shape index (κ3) is 3.56. The van der Waals surface area contributed by atoms with Gasteiger partial charge in [-0.25, -0.2) is 0 Å². The van der Waals surface area contributed by atoms with Crippen molar-refractivity contribution >= 4 is 5.69 Å². The van der Waals surface area contributed by atoms with Crippen LogP contribution in [0.5, 0.6) is 0 Å². The second-order valence-electron chi connectivity index (χ2n) is 3.00. The Hall–Kier alpha value is -1.38. The topological polar surface area (TPSA) is 43.1 Å². The molecule has 0 amide bonds. The number of benzene rings is 1. The van der Waals surface area contributed by atoms with E-state index in [1.807, 2.05) is 13.8 Å². The van der Waals surface area contributed by atoms with Gasteiger partial charge in [-0.05, 0) is 11.5 Å². The first kappa shape index (κ1) is 12.6. The van der Waals surface area contributed by atoms with E-state index in [2.05, 4.69) is 13.8 Å². The van der Waals surface area contributed by atoms with Gasteiger partial charge in [0.05, 0.1) is 4.92 Å². The Morgan fingerprint density at radius 2 is 1.57 bits per heavy atom. The van der Waals surface area contributed by atoms with Crippen LogP contribution in [0.2, 0.25) is 0 Å². The minimum absolute atomic E-state index is 0.152. The highest BCUT2D eigenvalue weighted by Crippen LogP contribution is 2.17. The molecule has 0 aliphatic carbocycles. The average molecular weight is 195 g/mol. The van der Waals surface area contributed by atoms with Gasteiger partial charge in [0.25, 0.3) is 5.69 Å². The van der Waals surface area contributed by atoms with E-state index in [4.69, 9.17) is 0 Å². The van der Waals surface area contributed by atoms with E-state index in [1.54, 1.807) is 12.1 Å². The minimum Gasteiger partial charge on any atom is -0.258 e. The summed E-state index contributed by atoms with van der Waals surface area (Å²) in [4.78, 5) is 9.90. The van der Waals surface area contributed by atoms with Crippen molar-refractivity contribution < 1.29 is 4.92 Å². The van der Waals surface area contributed by atoms with Gasteiger partial charge in [0, 0.05) is 12.1 Å². The number of non-ortho nitro benzene ring substituents is 1. The average Bonchev–Trinajstić information content (AvgIpc) is 2.21. The van der Waals surface area contributed by atoms with Crippen molar-refractivity contribution in [2.75, 3.05) is 0 Å². The molecule has 3 nitrogen and oxygen atoms in total. The normalized spacial score (nSPS) is 9.21. The van der Waals surface area contributed by atoms with Gasteiger partial charge in [-0.1, -0.05) is 39.8 Å². The van der Waals surface area contributed by atoms with Crippen molar-refractivity contribution in [1.82, 2.24) is 0 Å². The summed E-state index contributed by atoms with van der Waals surface area (Å²) in [6.07, 6.45) is 0. The lowest BCUT2D eigenvalue weighted by Gasteiger charge is -2.02. The molecular formula is C11H17NO2. The van der Waals surface area contributed by atoms with Crippen molar-refractivity contribution in [3.8, 4) is 0 Å². The third-order valence-electron chi connectivity index (χ3n) is 1.77. The van der Waals surface area contributed by atoms with Crippen molar-refractivity contribution in [3.63, 3.8) is 0 Å². The Balaban J connectivity index is 0.000000791. The first-order valence-corrected chi connectivity index (χ1v) is 4.85. The summed E-state index contributed by atoms with van der Waals surface area (Å²) in [5.74, 6) is 0.422. The van der Waals surface area contributed by atoms with Crippen LogP contribution in [0, 0.1) is 10.1 Å². The van der Waals surface area contributed by atoms with Gasteiger partial charge in [-0.3, -0.25) is 10.1 Å². The van der Waals surface area contributed by atoms with Gasteiger partial charge in [-0.15, -0.1) is 0 Å². The van der Waals surface area contributed by atoms with Crippen LogP contribution in [0.15, 0.2) is 24.3 Å². The zero-order valence-corrected chi connectivity index (χ0v) is 9.15. The first-order chi connectivity index (χ1) is 6.61. The lowest BCUT2D eigenvalue weighted by Crippen LogP contribution is -1.90. The van der Waals surface area contributed by atoms with Gasteiger partial charge < -0.3 is 0 Å². The molecule has 3 heteroatoms. The second-order valence-corrected chi connectivity index (χ2v) is 3.00. The number of rotatable bonds is 2. The molecule has 0 saturated carbocycles. The van der Waals surface area contributed by atoms with Crippen LogP contribution in [-0.4, -0.2) is 4.92 Å². The fourth-order valence-electron chi connectivity index (χ4n) is 0.981. The van der Waals surface area contributed by atoms with Crippen molar-refractivity contribution in [2.24, 2.45) is 0 Å². The predicted octanol–water partition coefficient (Wildman–Crippen LogP) is 3.74. The van der Waals surface area contributed by atoms with Crippen LogP contribution < -0.4 is 0 Å². The van der Waals surface area contributed by atoms with Gasteiger partial charge in [-0.2, -0.15) is 0 Å². The molecule has 0 aliphatic rings. The van der Waals surface area contributed by atoms with Crippen LogP contribution in [0.4, 0.5) is 5.69 Å². The van der Waals surface area contributed by atoms with Crippen LogP contribution in [0.25, 0.3) is 0 Å². The quantitative estimate of drug-likeness (QED) is 0.533. The van der Waals surface area contributed by atoms with Gasteiger partial charge in [0.2, 0.25) is 0 Å². The Kier molecular flexibility index (Phi) is 5.53. The Morgan fingerprint density at radius 3 is 1.86 bits per heavy atom. The summed E-state index contributed by atoms with van der Waals surface area (Å²) in [5, 5.41) is 10.3. The Bertz CT molecular complexity index is 278. The minimum atomic E-state index is -0.385. The van der Waals surface area contributed by atoms with E-state index in [9.17, 15) is 10.1 Å². The van der Waals surface area contributed by atoms with E-state index >= 15 is 0 Å². The maximum atomic E-state index is 10.3. The third-order valence-corrected chi connectivity index (χ3v) is 1.77. The highest BCUT2D eigenvalue weighted by Gasteiger charge is 2.04. The van der Waals surface area contributed by atoms with Crippen molar-refractivity contribution in [1.29, 1.82) is 0 Å². The predicted molar refractivity (Wildman–Crippen MR) is 58.5 cm³/mol. The second kappa shape index (κ2) is 6.13. The molecule has 0 unspecified atom stereocenters. The summed E-state index contributed by atoms with van der Waals surface area (Å²) in [7, 11) is 0. The SMILES string of the molecule is CC.CC(C)c1ccc([N+](=O)[O-])cc1. The molecule has 0 heterocycles. The lowest BCUT2D eigenvalue weighted by atomic mass is 10.0. The van der Waals surface area contributed by atoms with Crippen molar-refractivity contribution in [3.05, 3.63) is 39.9 Å². The van der Waals surface area contributed by atoms with Crippen LogP contribution in [0.3, 0.4) is 0 Å². The van der Waals surface area contributed by atoms with Gasteiger partial charge >= 0.3 is 0 Å². The van der Waals surface area contributed by atoms with Gasteiger partial charge in [0.1, 0.15) is 0 Å². The maximum absolute atomic E-state index is 10.3. The van der Waals surface area contributed by atoms with E-state index in [-0.39, 0.29) is 10.6 Å². The highest BCUT2D eigenvalue weighted by molar-refractivity contribution is 5.33. The fourth-order valence-corrected chi connectivity index (χ4v) is 0.981. The number of hydrogen-bond donors (Lipinski definition) is 0. The highest BCUT2D eigenvalue weighted by atomic mass is 16.6. The largest absolute Gasteiger partial charge is 0.269 e. The number of hydrogen-bond acceptors (Lipinski definition) is 2.